The topological polar surface area (TPSA) is 71.5 Å². The first-order valence-electron chi connectivity index (χ1n) is 3.70. The number of ketones is 1. The van der Waals surface area contributed by atoms with E-state index in [0.29, 0.717) is 0 Å². The van der Waals surface area contributed by atoms with Crippen LogP contribution in [0.5, 0.6) is 0 Å². The van der Waals surface area contributed by atoms with Gasteiger partial charge in [-0.3, -0.25) is 4.79 Å². The molecule has 0 radical (unpaired) electrons. The zero-order chi connectivity index (χ0) is 9.10. The molecule has 5 nitrogen and oxygen atoms in total. The molecule has 13 heavy (non-hydrogen) atoms. The summed E-state index contributed by atoms with van der Waals surface area (Å²) in [5, 5.41) is 7.28. The second-order valence-electron chi connectivity index (χ2n) is 2.38. The lowest BCUT2D eigenvalue weighted by molar-refractivity contribution is 0.102. The van der Waals surface area contributed by atoms with Crippen LogP contribution in [-0.4, -0.2) is 25.9 Å². The molecule has 2 aromatic heterocycles. The van der Waals surface area contributed by atoms with Crippen molar-refractivity contribution in [3.05, 3.63) is 42.2 Å². The summed E-state index contributed by atoms with van der Waals surface area (Å²) in [6, 6.07) is 3.25. The maximum Gasteiger partial charge on any atom is 0.248 e. The van der Waals surface area contributed by atoms with Crippen molar-refractivity contribution in [3.8, 4) is 0 Å². The van der Waals surface area contributed by atoms with Crippen LogP contribution >= 0.6 is 0 Å². The van der Waals surface area contributed by atoms with Gasteiger partial charge >= 0.3 is 0 Å². The van der Waals surface area contributed by atoms with Crippen LogP contribution < -0.4 is 0 Å². The molecule has 0 bridgehead atoms. The van der Waals surface area contributed by atoms with E-state index < -0.39 is 0 Å². The van der Waals surface area contributed by atoms with Crippen molar-refractivity contribution < 1.29 is 4.79 Å². The average Bonchev–Trinajstić information content (AvgIpc) is 2.71. The van der Waals surface area contributed by atoms with E-state index >= 15 is 0 Å². The Morgan fingerprint density at radius 1 is 1.38 bits per heavy atom. The van der Waals surface area contributed by atoms with Gasteiger partial charge in [-0.25, -0.2) is 4.98 Å². The number of aromatic amines is 1. The van der Waals surface area contributed by atoms with Gasteiger partial charge in [-0.2, -0.15) is 5.10 Å². The molecule has 5 heteroatoms. The highest BCUT2D eigenvalue weighted by molar-refractivity contribution is 6.04. The molecule has 0 atom stereocenters. The number of rotatable bonds is 2. The molecule has 2 heterocycles. The standard InChI is InChI=1S/C8H6N4O/c13-7(8-9-4-5-10-8)6-2-1-3-11-12-6/h1-5H,(H,9,10). The molecule has 0 amide bonds. The van der Waals surface area contributed by atoms with Crippen molar-refractivity contribution in [2.45, 2.75) is 0 Å². The number of aromatic nitrogens is 4. The summed E-state index contributed by atoms with van der Waals surface area (Å²) in [7, 11) is 0. The zero-order valence-corrected chi connectivity index (χ0v) is 6.64. The van der Waals surface area contributed by atoms with Crippen LogP contribution in [0, 0.1) is 0 Å². The summed E-state index contributed by atoms with van der Waals surface area (Å²) in [5.74, 6) is 0.0265. The third-order valence-electron chi connectivity index (χ3n) is 1.52. The largest absolute Gasteiger partial charge is 0.342 e. The Labute approximate surface area is 73.9 Å². The highest BCUT2D eigenvalue weighted by Crippen LogP contribution is 1.99. The number of hydrogen-bond donors (Lipinski definition) is 1. The van der Waals surface area contributed by atoms with Gasteiger partial charge in [0.25, 0.3) is 0 Å². The van der Waals surface area contributed by atoms with Crippen LogP contribution in [0.1, 0.15) is 16.3 Å². The van der Waals surface area contributed by atoms with Gasteiger partial charge in [-0.15, -0.1) is 5.10 Å². The molecule has 0 unspecified atom stereocenters. The van der Waals surface area contributed by atoms with Crippen molar-refractivity contribution in [3.63, 3.8) is 0 Å². The number of hydrogen-bond acceptors (Lipinski definition) is 4. The van der Waals surface area contributed by atoms with Crippen LogP contribution in [0.15, 0.2) is 30.7 Å². The second-order valence-corrected chi connectivity index (χ2v) is 2.38. The Bertz CT molecular complexity index is 395. The molecule has 0 saturated carbocycles. The fraction of sp³-hybridized carbons (Fsp3) is 0. The van der Waals surface area contributed by atoms with Crippen LogP contribution in [0.25, 0.3) is 0 Å². The highest BCUT2D eigenvalue weighted by Gasteiger charge is 2.11. The first-order valence-corrected chi connectivity index (χ1v) is 3.70. The lowest BCUT2D eigenvalue weighted by Crippen LogP contribution is -2.06. The monoisotopic (exact) mass is 174 g/mol. The van der Waals surface area contributed by atoms with E-state index in [0.717, 1.165) is 0 Å². The molecule has 0 saturated heterocycles. The molecule has 1 N–H and O–H groups in total. The molecule has 0 aliphatic carbocycles. The Morgan fingerprint density at radius 2 is 2.31 bits per heavy atom. The van der Waals surface area contributed by atoms with E-state index in [-0.39, 0.29) is 17.3 Å². The SMILES string of the molecule is O=C(c1cccnn1)c1ncc[nH]1. The third kappa shape index (κ3) is 1.44. The fourth-order valence-corrected chi connectivity index (χ4v) is 0.933. The molecular weight excluding hydrogens is 168 g/mol. The molecule has 0 spiro atoms. The molecule has 0 aromatic carbocycles. The molecule has 0 fully saturated rings. The zero-order valence-electron chi connectivity index (χ0n) is 6.64. The minimum absolute atomic E-state index is 0.252. The Morgan fingerprint density at radius 3 is 2.92 bits per heavy atom. The first-order chi connectivity index (χ1) is 6.38. The van der Waals surface area contributed by atoms with Crippen LogP contribution in [-0.2, 0) is 0 Å². The Hall–Kier alpha value is -2.04. The normalized spacial score (nSPS) is 9.85. The number of imidazole rings is 1. The number of nitrogens with zero attached hydrogens (tertiary/aromatic N) is 3. The molecular formula is C8H6N4O. The summed E-state index contributed by atoms with van der Waals surface area (Å²) in [6.45, 7) is 0. The predicted molar refractivity (Wildman–Crippen MR) is 44.1 cm³/mol. The minimum Gasteiger partial charge on any atom is -0.342 e. The maximum absolute atomic E-state index is 11.5. The van der Waals surface area contributed by atoms with Crippen molar-refractivity contribution in [2.24, 2.45) is 0 Å². The van der Waals surface area contributed by atoms with E-state index in [9.17, 15) is 4.79 Å². The third-order valence-corrected chi connectivity index (χ3v) is 1.52. The summed E-state index contributed by atoms with van der Waals surface area (Å²) < 4.78 is 0. The van der Waals surface area contributed by atoms with Gasteiger partial charge in [0, 0.05) is 18.6 Å². The van der Waals surface area contributed by atoms with Crippen LogP contribution in [0.4, 0.5) is 0 Å². The van der Waals surface area contributed by atoms with Crippen LogP contribution in [0.2, 0.25) is 0 Å². The lowest BCUT2D eigenvalue weighted by atomic mass is 10.2. The maximum atomic E-state index is 11.5. The van der Waals surface area contributed by atoms with Crippen molar-refractivity contribution in [1.29, 1.82) is 0 Å². The molecule has 2 aromatic rings. The Kier molecular flexibility index (Phi) is 1.84. The summed E-state index contributed by atoms with van der Waals surface area (Å²) in [4.78, 5) is 18.0. The van der Waals surface area contributed by atoms with Crippen molar-refractivity contribution in [1.82, 2.24) is 20.2 Å². The first kappa shape index (κ1) is 7.60. The van der Waals surface area contributed by atoms with Gasteiger partial charge in [0.2, 0.25) is 5.78 Å². The summed E-state index contributed by atoms with van der Waals surface area (Å²) in [6.07, 6.45) is 4.62. The number of nitrogens with one attached hydrogen (secondary N) is 1. The lowest BCUT2D eigenvalue weighted by Gasteiger charge is -1.92. The van der Waals surface area contributed by atoms with Gasteiger partial charge in [-0.1, -0.05) is 0 Å². The van der Waals surface area contributed by atoms with Gasteiger partial charge < -0.3 is 4.98 Å². The van der Waals surface area contributed by atoms with Crippen molar-refractivity contribution >= 4 is 5.78 Å². The van der Waals surface area contributed by atoms with E-state index in [2.05, 4.69) is 20.2 Å². The molecule has 64 valence electrons. The Balaban J connectivity index is 2.34. The fourth-order valence-electron chi connectivity index (χ4n) is 0.933. The van der Waals surface area contributed by atoms with E-state index in [1.165, 1.54) is 12.4 Å². The molecule has 2 rings (SSSR count). The van der Waals surface area contributed by atoms with E-state index in [1.54, 1.807) is 18.3 Å². The second kappa shape index (κ2) is 3.14. The smallest absolute Gasteiger partial charge is 0.248 e. The quantitative estimate of drug-likeness (QED) is 0.670. The average molecular weight is 174 g/mol. The van der Waals surface area contributed by atoms with Gasteiger partial charge in [0.05, 0.1) is 0 Å². The van der Waals surface area contributed by atoms with Gasteiger partial charge in [0.1, 0.15) is 5.69 Å². The predicted octanol–water partition coefficient (Wildman–Crippen LogP) is 0.431. The molecule has 0 aliphatic heterocycles. The van der Waals surface area contributed by atoms with Gasteiger partial charge in [-0.05, 0) is 12.1 Å². The highest BCUT2D eigenvalue weighted by atomic mass is 16.1. The summed E-state index contributed by atoms with van der Waals surface area (Å²) >= 11 is 0. The van der Waals surface area contributed by atoms with E-state index in [4.69, 9.17) is 0 Å². The number of H-pyrrole nitrogens is 1. The number of carbonyl (C=O) groups excluding carboxylic acids is 1. The minimum atomic E-state index is -0.252. The van der Waals surface area contributed by atoms with E-state index in [1.807, 2.05) is 0 Å². The van der Waals surface area contributed by atoms with Crippen molar-refractivity contribution in [2.75, 3.05) is 0 Å². The summed E-state index contributed by atoms with van der Waals surface area (Å²) in [5.41, 5.74) is 0.289. The molecule has 0 aliphatic rings. The van der Waals surface area contributed by atoms with Gasteiger partial charge in [0.15, 0.2) is 5.82 Å². The van der Waals surface area contributed by atoms with Crippen LogP contribution in [0.3, 0.4) is 0 Å². The number of carbonyl (C=O) groups is 1.